The minimum atomic E-state index is -0.383. The van der Waals surface area contributed by atoms with Gasteiger partial charge in [-0.25, -0.2) is 0 Å². The molecule has 3 heterocycles. The number of thiophene rings is 1. The standard InChI is InChI=1S/C28H30N2O2S/c1-19(2)17-30-26(24-13-8-16-33-24)25(22-11-6-7-12-23(22)27(30)31)28(32)29-15-14-21(18-29)20-9-4-3-5-10-20/h3-13,16,19,21,25-26H,14-15,17-18H2,1-2H3/t21-,25+,26-/m1/s1. The van der Waals surface area contributed by atoms with Gasteiger partial charge in [0.25, 0.3) is 5.91 Å². The molecule has 1 fully saturated rings. The lowest BCUT2D eigenvalue weighted by atomic mass is 9.80. The smallest absolute Gasteiger partial charge is 0.254 e. The predicted molar refractivity (Wildman–Crippen MR) is 132 cm³/mol. The number of carbonyl (C=O) groups excluding carboxylic acids is 2. The Morgan fingerprint density at radius 3 is 2.52 bits per heavy atom. The monoisotopic (exact) mass is 458 g/mol. The van der Waals surface area contributed by atoms with E-state index in [0.29, 0.717) is 23.9 Å². The van der Waals surface area contributed by atoms with Gasteiger partial charge in [0.05, 0.1) is 12.0 Å². The average molecular weight is 459 g/mol. The van der Waals surface area contributed by atoms with Crippen molar-refractivity contribution in [1.29, 1.82) is 0 Å². The summed E-state index contributed by atoms with van der Waals surface area (Å²) in [6, 6.07) is 22.0. The van der Waals surface area contributed by atoms with Gasteiger partial charge >= 0.3 is 0 Å². The van der Waals surface area contributed by atoms with E-state index < -0.39 is 0 Å². The molecule has 33 heavy (non-hydrogen) atoms. The summed E-state index contributed by atoms with van der Waals surface area (Å²) in [4.78, 5) is 32.8. The van der Waals surface area contributed by atoms with Crippen molar-refractivity contribution in [3.05, 3.63) is 93.7 Å². The zero-order chi connectivity index (χ0) is 22.9. The van der Waals surface area contributed by atoms with E-state index in [1.165, 1.54) is 5.56 Å². The van der Waals surface area contributed by atoms with Crippen molar-refractivity contribution in [2.75, 3.05) is 19.6 Å². The molecule has 2 amide bonds. The Balaban J connectivity index is 1.54. The largest absolute Gasteiger partial charge is 0.341 e. The first-order valence-electron chi connectivity index (χ1n) is 11.8. The molecule has 0 saturated carbocycles. The van der Waals surface area contributed by atoms with Gasteiger partial charge < -0.3 is 9.80 Å². The molecule has 2 aromatic carbocycles. The van der Waals surface area contributed by atoms with Crippen molar-refractivity contribution < 1.29 is 9.59 Å². The third-order valence-corrected chi connectivity index (χ3v) is 7.82. The maximum absolute atomic E-state index is 14.2. The summed E-state index contributed by atoms with van der Waals surface area (Å²) in [5, 5.41) is 2.04. The van der Waals surface area contributed by atoms with Crippen LogP contribution in [0.5, 0.6) is 0 Å². The van der Waals surface area contributed by atoms with Crippen molar-refractivity contribution in [3.8, 4) is 0 Å². The summed E-state index contributed by atoms with van der Waals surface area (Å²) in [6.07, 6.45) is 0.975. The van der Waals surface area contributed by atoms with Crippen molar-refractivity contribution in [2.24, 2.45) is 5.92 Å². The minimum absolute atomic E-state index is 0.0327. The number of benzene rings is 2. The van der Waals surface area contributed by atoms with Gasteiger partial charge in [0.15, 0.2) is 0 Å². The molecule has 0 aliphatic carbocycles. The van der Waals surface area contributed by atoms with Gasteiger partial charge in [-0.05, 0) is 41.0 Å². The molecule has 0 N–H and O–H groups in total. The first-order chi connectivity index (χ1) is 16.0. The zero-order valence-corrected chi connectivity index (χ0v) is 20.0. The molecule has 0 radical (unpaired) electrons. The third-order valence-electron chi connectivity index (χ3n) is 6.87. The van der Waals surface area contributed by atoms with Crippen LogP contribution in [0.15, 0.2) is 72.1 Å². The molecule has 0 bridgehead atoms. The number of fused-ring (bicyclic) bond motifs is 1. The van der Waals surface area contributed by atoms with Crippen LogP contribution >= 0.6 is 11.3 Å². The van der Waals surface area contributed by atoms with E-state index in [1.54, 1.807) is 11.3 Å². The van der Waals surface area contributed by atoms with Crippen LogP contribution in [0.1, 0.15) is 64.5 Å². The quantitative estimate of drug-likeness (QED) is 0.492. The van der Waals surface area contributed by atoms with Gasteiger partial charge in [-0.3, -0.25) is 9.59 Å². The van der Waals surface area contributed by atoms with Gasteiger partial charge in [-0.1, -0.05) is 68.4 Å². The Kier molecular flexibility index (Phi) is 6.07. The van der Waals surface area contributed by atoms with Crippen LogP contribution in [0.2, 0.25) is 0 Å². The highest BCUT2D eigenvalue weighted by Gasteiger charge is 2.46. The van der Waals surface area contributed by atoms with Crippen LogP contribution < -0.4 is 0 Å². The summed E-state index contributed by atoms with van der Waals surface area (Å²) in [5.41, 5.74) is 2.83. The van der Waals surface area contributed by atoms with Crippen LogP contribution in [0.4, 0.5) is 0 Å². The summed E-state index contributed by atoms with van der Waals surface area (Å²) in [7, 11) is 0. The molecule has 1 saturated heterocycles. The number of hydrogen-bond acceptors (Lipinski definition) is 3. The van der Waals surface area contributed by atoms with Gasteiger partial charge in [-0.15, -0.1) is 11.3 Å². The lowest BCUT2D eigenvalue weighted by Gasteiger charge is -2.43. The Labute approximate surface area is 199 Å². The van der Waals surface area contributed by atoms with E-state index in [-0.39, 0.29) is 23.8 Å². The topological polar surface area (TPSA) is 40.6 Å². The highest BCUT2D eigenvalue weighted by molar-refractivity contribution is 7.10. The molecule has 0 unspecified atom stereocenters. The van der Waals surface area contributed by atoms with Gasteiger partial charge in [0.1, 0.15) is 0 Å². The van der Waals surface area contributed by atoms with Crippen LogP contribution in [0.25, 0.3) is 0 Å². The molecule has 5 heteroatoms. The molecular formula is C28H30N2O2S. The van der Waals surface area contributed by atoms with Crippen molar-refractivity contribution in [3.63, 3.8) is 0 Å². The molecule has 3 aromatic rings. The van der Waals surface area contributed by atoms with Crippen LogP contribution in [0, 0.1) is 5.92 Å². The molecule has 5 rings (SSSR count). The summed E-state index contributed by atoms with van der Waals surface area (Å²) in [5.74, 6) is 0.464. The Morgan fingerprint density at radius 2 is 1.79 bits per heavy atom. The Hall–Kier alpha value is -2.92. The zero-order valence-electron chi connectivity index (χ0n) is 19.2. The maximum atomic E-state index is 14.2. The number of rotatable bonds is 5. The first-order valence-corrected chi connectivity index (χ1v) is 12.7. The second-order valence-corrected chi connectivity index (χ2v) is 10.5. The molecule has 4 nitrogen and oxygen atoms in total. The highest BCUT2D eigenvalue weighted by atomic mass is 32.1. The summed E-state index contributed by atoms with van der Waals surface area (Å²) >= 11 is 1.63. The number of amides is 2. The SMILES string of the molecule is CC(C)CN1C(=O)c2ccccc2[C@H](C(=O)N2CC[C@@H](c3ccccc3)C2)[C@H]1c1cccs1. The second-order valence-electron chi connectivity index (χ2n) is 9.56. The van der Waals surface area contributed by atoms with Crippen molar-refractivity contribution in [2.45, 2.75) is 38.1 Å². The summed E-state index contributed by atoms with van der Waals surface area (Å²) in [6.45, 7) is 6.37. The molecule has 170 valence electrons. The molecule has 2 aliphatic rings. The van der Waals surface area contributed by atoms with Gasteiger partial charge in [0, 0.05) is 36.0 Å². The first kappa shape index (κ1) is 21.9. The number of likely N-dealkylation sites (tertiary alicyclic amines) is 1. The third kappa shape index (κ3) is 4.10. The van der Waals surface area contributed by atoms with E-state index in [9.17, 15) is 9.59 Å². The van der Waals surface area contributed by atoms with E-state index >= 15 is 0 Å². The van der Waals surface area contributed by atoms with E-state index in [4.69, 9.17) is 0 Å². The molecular weight excluding hydrogens is 428 g/mol. The average Bonchev–Trinajstić information content (AvgIpc) is 3.53. The fourth-order valence-electron chi connectivity index (χ4n) is 5.38. The molecule has 0 spiro atoms. The van der Waals surface area contributed by atoms with Crippen LogP contribution in [-0.2, 0) is 4.79 Å². The normalized spacial score (nSPS) is 22.6. The fourth-order valence-corrected chi connectivity index (χ4v) is 6.26. The number of carbonyl (C=O) groups is 2. The second kappa shape index (κ2) is 9.14. The van der Waals surface area contributed by atoms with Crippen molar-refractivity contribution in [1.82, 2.24) is 9.80 Å². The van der Waals surface area contributed by atoms with E-state index in [0.717, 1.165) is 30.0 Å². The molecule has 3 atom stereocenters. The van der Waals surface area contributed by atoms with Gasteiger partial charge in [-0.2, -0.15) is 0 Å². The highest BCUT2D eigenvalue weighted by Crippen LogP contribution is 2.46. The number of nitrogens with zero attached hydrogens (tertiary/aromatic N) is 2. The summed E-state index contributed by atoms with van der Waals surface area (Å²) < 4.78 is 0. The Bertz CT molecular complexity index is 1130. The van der Waals surface area contributed by atoms with Crippen molar-refractivity contribution >= 4 is 23.2 Å². The minimum Gasteiger partial charge on any atom is -0.341 e. The fraction of sp³-hybridized carbons (Fsp3) is 0.357. The molecule has 1 aromatic heterocycles. The number of hydrogen-bond donors (Lipinski definition) is 0. The lowest BCUT2D eigenvalue weighted by Crippen LogP contribution is -2.48. The molecule has 2 aliphatic heterocycles. The van der Waals surface area contributed by atoms with Gasteiger partial charge in [0.2, 0.25) is 5.91 Å². The maximum Gasteiger partial charge on any atom is 0.254 e. The Morgan fingerprint density at radius 1 is 1.03 bits per heavy atom. The van der Waals surface area contributed by atoms with Crippen LogP contribution in [0.3, 0.4) is 0 Å². The lowest BCUT2D eigenvalue weighted by molar-refractivity contribution is -0.133. The van der Waals surface area contributed by atoms with E-state index in [1.807, 2.05) is 51.6 Å². The van der Waals surface area contributed by atoms with Crippen LogP contribution in [-0.4, -0.2) is 41.2 Å². The predicted octanol–water partition coefficient (Wildman–Crippen LogP) is 5.70. The van der Waals surface area contributed by atoms with E-state index in [2.05, 4.69) is 44.2 Å².